The van der Waals surface area contributed by atoms with Crippen molar-refractivity contribution in [3.63, 3.8) is 0 Å². The van der Waals surface area contributed by atoms with E-state index >= 15 is 0 Å². The number of carbonyl (C=O) groups excluding carboxylic acids is 1. The first-order chi connectivity index (χ1) is 17.3. The van der Waals surface area contributed by atoms with Gasteiger partial charge in [-0.2, -0.15) is 0 Å². The Morgan fingerprint density at radius 2 is 1.58 bits per heavy atom. The molecule has 0 aliphatic heterocycles. The van der Waals surface area contributed by atoms with Gasteiger partial charge < -0.3 is 18.6 Å². The molecule has 0 saturated carbocycles. The molecule has 36 heavy (non-hydrogen) atoms. The molecule has 1 heterocycles. The molecule has 0 radical (unpaired) electrons. The van der Waals surface area contributed by atoms with Crippen LogP contribution in [0.4, 0.5) is 11.7 Å². The van der Waals surface area contributed by atoms with Gasteiger partial charge in [-0.05, 0) is 54.6 Å². The van der Waals surface area contributed by atoms with E-state index < -0.39 is 15.9 Å². The quantitative estimate of drug-likeness (QED) is 0.344. The van der Waals surface area contributed by atoms with Gasteiger partial charge in [0.2, 0.25) is 0 Å². The van der Waals surface area contributed by atoms with Crippen LogP contribution in [0.25, 0.3) is 11.5 Å². The molecule has 0 fully saturated rings. The fraction of sp³-hybridized carbons (Fsp3) is 0.125. The van der Waals surface area contributed by atoms with Crippen LogP contribution in [-0.4, -0.2) is 45.9 Å². The Morgan fingerprint density at radius 3 is 2.28 bits per heavy atom. The first-order valence-corrected chi connectivity index (χ1v) is 12.0. The van der Waals surface area contributed by atoms with Gasteiger partial charge in [-0.15, -0.1) is 5.10 Å². The Balaban J connectivity index is 1.48. The molecule has 11 nitrogen and oxygen atoms in total. The van der Waals surface area contributed by atoms with E-state index in [1.807, 2.05) is 0 Å². The highest BCUT2D eigenvalue weighted by Gasteiger charge is 2.18. The van der Waals surface area contributed by atoms with Gasteiger partial charge in [0.15, 0.2) is 0 Å². The number of hydrogen-bond donors (Lipinski definition) is 2. The number of nitrogens with zero attached hydrogens (tertiary/aromatic N) is 2. The van der Waals surface area contributed by atoms with Crippen LogP contribution in [0.2, 0.25) is 0 Å². The molecule has 1 amide bonds. The highest BCUT2D eigenvalue weighted by molar-refractivity contribution is 7.92. The minimum atomic E-state index is -3.88. The summed E-state index contributed by atoms with van der Waals surface area (Å²) in [7, 11) is 0.641. The number of rotatable bonds is 9. The summed E-state index contributed by atoms with van der Waals surface area (Å²) in [5.41, 5.74) is 0.889. The maximum Gasteiger partial charge on any atom is 0.322 e. The number of hydrogen-bond acceptors (Lipinski definition) is 9. The van der Waals surface area contributed by atoms with Gasteiger partial charge in [0.25, 0.3) is 21.8 Å². The van der Waals surface area contributed by atoms with Crippen molar-refractivity contribution in [3.05, 3.63) is 72.3 Å². The van der Waals surface area contributed by atoms with Crippen molar-refractivity contribution in [2.75, 3.05) is 31.4 Å². The minimum Gasteiger partial charge on any atom is -0.497 e. The molecule has 0 aliphatic rings. The van der Waals surface area contributed by atoms with Crippen LogP contribution in [0.3, 0.4) is 0 Å². The molecule has 4 rings (SSSR count). The molecule has 2 N–H and O–H groups in total. The van der Waals surface area contributed by atoms with Gasteiger partial charge >= 0.3 is 6.01 Å². The molecule has 0 saturated heterocycles. The van der Waals surface area contributed by atoms with Gasteiger partial charge in [0.1, 0.15) is 17.2 Å². The molecule has 12 heteroatoms. The average molecular weight is 511 g/mol. The molecular formula is C24H22N4O7S. The van der Waals surface area contributed by atoms with Crippen LogP contribution in [0.15, 0.2) is 76.0 Å². The van der Waals surface area contributed by atoms with Crippen LogP contribution >= 0.6 is 0 Å². The second kappa shape index (κ2) is 10.4. The first-order valence-electron chi connectivity index (χ1n) is 10.5. The summed E-state index contributed by atoms with van der Waals surface area (Å²) in [4.78, 5) is 12.8. The van der Waals surface area contributed by atoms with Crippen molar-refractivity contribution < 1.29 is 31.8 Å². The molecule has 0 spiro atoms. The summed E-state index contributed by atoms with van der Waals surface area (Å²) in [5, 5.41) is 10.3. The SMILES string of the molecule is COc1ccc(S(=O)(=O)Nc2cccc(C(=O)Nc3nnc(-c4ccc(OC)cc4OC)o3)c2)cc1. The van der Waals surface area contributed by atoms with Crippen LogP contribution in [0.1, 0.15) is 10.4 Å². The fourth-order valence-electron chi connectivity index (χ4n) is 3.22. The minimum absolute atomic E-state index is 0.0468. The van der Waals surface area contributed by atoms with Crippen LogP contribution in [0.5, 0.6) is 17.2 Å². The van der Waals surface area contributed by atoms with Gasteiger partial charge in [0, 0.05) is 17.3 Å². The predicted molar refractivity (Wildman–Crippen MR) is 131 cm³/mol. The summed E-state index contributed by atoms with van der Waals surface area (Å²) in [6.45, 7) is 0. The molecule has 0 atom stereocenters. The zero-order chi connectivity index (χ0) is 25.7. The highest BCUT2D eigenvalue weighted by Crippen LogP contribution is 2.33. The lowest BCUT2D eigenvalue weighted by molar-refractivity contribution is 0.102. The molecular weight excluding hydrogens is 488 g/mol. The van der Waals surface area contributed by atoms with Crippen molar-refractivity contribution >= 4 is 27.6 Å². The van der Waals surface area contributed by atoms with Gasteiger partial charge in [0.05, 0.1) is 31.8 Å². The first kappa shape index (κ1) is 24.5. The number of carbonyl (C=O) groups is 1. The van der Waals surface area contributed by atoms with Crippen molar-refractivity contribution in [2.45, 2.75) is 4.90 Å². The Morgan fingerprint density at radius 1 is 0.861 bits per heavy atom. The summed E-state index contributed by atoms with van der Waals surface area (Å²) in [6.07, 6.45) is 0. The van der Waals surface area contributed by atoms with E-state index in [1.165, 1.54) is 51.7 Å². The predicted octanol–water partition coefficient (Wildman–Crippen LogP) is 3.82. The number of benzene rings is 3. The fourth-order valence-corrected chi connectivity index (χ4v) is 4.27. The number of anilines is 2. The van der Waals surface area contributed by atoms with E-state index in [0.717, 1.165) is 0 Å². The number of aromatic nitrogens is 2. The largest absolute Gasteiger partial charge is 0.497 e. The van der Waals surface area contributed by atoms with Crippen LogP contribution in [-0.2, 0) is 10.0 Å². The van der Waals surface area contributed by atoms with E-state index in [1.54, 1.807) is 36.4 Å². The maximum absolute atomic E-state index is 12.8. The summed E-state index contributed by atoms with van der Waals surface area (Å²) in [5.74, 6) is 1.13. The summed E-state index contributed by atoms with van der Waals surface area (Å²) < 4.78 is 49.0. The number of nitrogens with one attached hydrogen (secondary N) is 2. The number of ether oxygens (including phenoxy) is 3. The topological polar surface area (TPSA) is 142 Å². The van der Waals surface area contributed by atoms with E-state index in [9.17, 15) is 13.2 Å². The Bertz CT molecular complexity index is 1480. The average Bonchev–Trinajstić information content (AvgIpc) is 3.36. The van der Waals surface area contributed by atoms with Gasteiger partial charge in [-0.3, -0.25) is 14.8 Å². The van der Waals surface area contributed by atoms with Crippen molar-refractivity contribution in [3.8, 4) is 28.7 Å². The monoisotopic (exact) mass is 510 g/mol. The van der Waals surface area contributed by atoms with Crippen molar-refractivity contribution in [1.82, 2.24) is 10.2 Å². The second-order valence-corrected chi connectivity index (χ2v) is 8.98. The third-order valence-electron chi connectivity index (χ3n) is 5.03. The van der Waals surface area contributed by atoms with Crippen LogP contribution < -0.4 is 24.2 Å². The Hall–Kier alpha value is -4.58. The smallest absolute Gasteiger partial charge is 0.322 e. The summed E-state index contributed by atoms with van der Waals surface area (Å²) in [6, 6.07) is 16.8. The van der Waals surface area contributed by atoms with Gasteiger partial charge in [-0.1, -0.05) is 11.2 Å². The van der Waals surface area contributed by atoms with E-state index in [4.69, 9.17) is 18.6 Å². The van der Waals surface area contributed by atoms with Crippen molar-refractivity contribution in [1.29, 1.82) is 0 Å². The molecule has 0 bridgehead atoms. The lowest BCUT2D eigenvalue weighted by Gasteiger charge is -2.10. The normalized spacial score (nSPS) is 11.0. The highest BCUT2D eigenvalue weighted by atomic mass is 32.2. The van der Waals surface area contributed by atoms with E-state index in [2.05, 4.69) is 20.2 Å². The third-order valence-corrected chi connectivity index (χ3v) is 6.43. The molecule has 4 aromatic rings. The lowest BCUT2D eigenvalue weighted by atomic mass is 10.2. The second-order valence-electron chi connectivity index (χ2n) is 7.29. The van der Waals surface area contributed by atoms with Crippen molar-refractivity contribution in [2.24, 2.45) is 0 Å². The molecule has 1 aromatic heterocycles. The van der Waals surface area contributed by atoms with Crippen LogP contribution in [0, 0.1) is 0 Å². The number of sulfonamides is 1. The van der Waals surface area contributed by atoms with E-state index in [0.29, 0.717) is 22.8 Å². The maximum atomic E-state index is 12.8. The summed E-state index contributed by atoms with van der Waals surface area (Å²) >= 11 is 0. The molecule has 0 aliphatic carbocycles. The zero-order valence-electron chi connectivity index (χ0n) is 19.5. The molecule has 186 valence electrons. The van der Waals surface area contributed by atoms with E-state index in [-0.39, 0.29) is 28.1 Å². The Labute approximate surface area is 207 Å². The number of amides is 1. The zero-order valence-corrected chi connectivity index (χ0v) is 20.3. The Kier molecular flexibility index (Phi) is 7.06. The molecule has 3 aromatic carbocycles. The van der Waals surface area contributed by atoms with Gasteiger partial charge in [-0.25, -0.2) is 8.42 Å². The third kappa shape index (κ3) is 5.39. The standard InChI is InChI=1S/C24H22N4O7S/c1-32-17-7-10-19(11-8-17)36(30,31)28-16-6-4-5-15(13-16)22(29)25-24-27-26-23(35-24)20-12-9-18(33-2)14-21(20)34-3/h4-14,28H,1-3H3,(H,25,27,29). The molecule has 0 unspecified atom stereocenters. The number of methoxy groups -OCH3 is 3. The lowest BCUT2D eigenvalue weighted by Crippen LogP contribution is -2.15.